The highest BCUT2D eigenvalue weighted by atomic mass is 16.2. The second-order valence-corrected chi connectivity index (χ2v) is 8.02. The smallest absolute Gasteiger partial charge is 0.219 e. The maximum absolute atomic E-state index is 12.3. The van der Waals surface area contributed by atoms with Gasteiger partial charge in [0.15, 0.2) is 0 Å². The molecule has 0 saturated carbocycles. The molecule has 2 aliphatic heterocycles. The van der Waals surface area contributed by atoms with E-state index in [4.69, 9.17) is 0 Å². The molecule has 2 fully saturated rings. The van der Waals surface area contributed by atoms with Crippen LogP contribution in [0.1, 0.15) is 50.3 Å². The fourth-order valence-electron chi connectivity index (χ4n) is 4.40. The molecule has 0 bridgehead atoms. The summed E-state index contributed by atoms with van der Waals surface area (Å²) in [6.07, 6.45) is 8.25. The zero-order valence-corrected chi connectivity index (χ0v) is 16.8. The van der Waals surface area contributed by atoms with E-state index in [2.05, 4.69) is 26.7 Å². The lowest BCUT2D eigenvalue weighted by molar-refractivity contribution is -0.132. The van der Waals surface area contributed by atoms with E-state index in [1.54, 1.807) is 6.92 Å². The molecule has 1 amide bonds. The van der Waals surface area contributed by atoms with Crippen molar-refractivity contribution in [1.82, 2.24) is 24.5 Å². The lowest BCUT2D eigenvalue weighted by atomic mass is 10.0. The molecule has 6 nitrogen and oxygen atoms in total. The molecule has 26 heavy (non-hydrogen) atoms. The topological polar surface area (TPSA) is 44.6 Å². The molecule has 3 heterocycles. The Morgan fingerprint density at radius 1 is 1.19 bits per heavy atom. The lowest BCUT2D eigenvalue weighted by Gasteiger charge is -2.40. The Labute approximate surface area is 158 Å². The first-order valence-corrected chi connectivity index (χ1v) is 10.2. The summed E-state index contributed by atoms with van der Waals surface area (Å²) in [5, 5.41) is 4.37. The van der Waals surface area contributed by atoms with Gasteiger partial charge in [0.1, 0.15) is 0 Å². The molecule has 2 aliphatic rings. The number of hydrogen-bond acceptors (Lipinski definition) is 4. The van der Waals surface area contributed by atoms with Crippen molar-refractivity contribution in [2.24, 2.45) is 7.05 Å². The van der Waals surface area contributed by atoms with Gasteiger partial charge in [-0.25, -0.2) is 0 Å². The van der Waals surface area contributed by atoms with E-state index in [0.717, 1.165) is 45.6 Å². The number of rotatable bonds is 6. The molecule has 0 N–H and O–H groups in total. The normalized spacial score (nSPS) is 22.5. The highest BCUT2D eigenvalue weighted by Crippen LogP contribution is 2.20. The van der Waals surface area contributed by atoms with Crippen LogP contribution in [-0.4, -0.2) is 75.7 Å². The summed E-state index contributed by atoms with van der Waals surface area (Å²) in [4.78, 5) is 19.5. The SMILES string of the molecule is CC(=O)N(CCN1CCCCC1)C1CCCN(Cc2cnn(C)c2C)C1. The summed E-state index contributed by atoms with van der Waals surface area (Å²) < 4.78 is 1.94. The van der Waals surface area contributed by atoms with E-state index in [-0.39, 0.29) is 5.91 Å². The minimum atomic E-state index is 0.228. The molecule has 1 aromatic heterocycles. The van der Waals surface area contributed by atoms with Crippen LogP contribution >= 0.6 is 0 Å². The van der Waals surface area contributed by atoms with Crippen molar-refractivity contribution in [3.63, 3.8) is 0 Å². The predicted molar refractivity (Wildman–Crippen MR) is 104 cm³/mol. The Balaban J connectivity index is 1.56. The quantitative estimate of drug-likeness (QED) is 0.778. The van der Waals surface area contributed by atoms with Gasteiger partial charge in [0.2, 0.25) is 5.91 Å². The highest BCUT2D eigenvalue weighted by Gasteiger charge is 2.27. The minimum absolute atomic E-state index is 0.228. The van der Waals surface area contributed by atoms with Crippen molar-refractivity contribution < 1.29 is 4.79 Å². The van der Waals surface area contributed by atoms with E-state index in [1.807, 2.05) is 17.9 Å². The van der Waals surface area contributed by atoms with Gasteiger partial charge in [-0.1, -0.05) is 6.42 Å². The van der Waals surface area contributed by atoms with Crippen molar-refractivity contribution in [2.75, 3.05) is 39.3 Å². The van der Waals surface area contributed by atoms with Gasteiger partial charge >= 0.3 is 0 Å². The van der Waals surface area contributed by atoms with Gasteiger partial charge in [-0.05, 0) is 52.2 Å². The van der Waals surface area contributed by atoms with Crippen LogP contribution in [0.2, 0.25) is 0 Å². The van der Waals surface area contributed by atoms with Crippen LogP contribution in [0, 0.1) is 6.92 Å². The molecule has 0 aromatic carbocycles. The molecule has 0 radical (unpaired) electrons. The summed E-state index contributed by atoms with van der Waals surface area (Å²) in [6, 6.07) is 0.350. The summed E-state index contributed by atoms with van der Waals surface area (Å²) in [5.74, 6) is 0.228. The average molecular weight is 362 g/mol. The number of piperidine rings is 2. The lowest BCUT2D eigenvalue weighted by Crippen LogP contribution is -2.51. The number of aromatic nitrogens is 2. The molecule has 1 aromatic rings. The number of aryl methyl sites for hydroxylation is 1. The largest absolute Gasteiger partial charge is 0.337 e. The Kier molecular flexibility index (Phi) is 6.70. The van der Waals surface area contributed by atoms with Crippen molar-refractivity contribution in [1.29, 1.82) is 0 Å². The van der Waals surface area contributed by atoms with Crippen LogP contribution in [0.25, 0.3) is 0 Å². The molecular formula is C20H35N5O. The fraction of sp³-hybridized carbons (Fsp3) is 0.800. The van der Waals surface area contributed by atoms with Gasteiger partial charge in [0.05, 0.1) is 6.20 Å². The summed E-state index contributed by atoms with van der Waals surface area (Å²) in [5.41, 5.74) is 2.54. The Hall–Kier alpha value is -1.40. The molecule has 0 spiro atoms. The van der Waals surface area contributed by atoms with E-state index >= 15 is 0 Å². The van der Waals surface area contributed by atoms with Gasteiger partial charge in [-0.3, -0.25) is 14.4 Å². The standard InChI is InChI=1S/C20H35N5O/c1-17-19(14-21-22(17)3)15-24-11-7-8-20(16-24)25(18(2)26)13-12-23-9-5-4-6-10-23/h14,20H,4-13,15-16H2,1-3H3. The third-order valence-corrected chi connectivity index (χ3v) is 6.16. The van der Waals surface area contributed by atoms with Crippen LogP contribution in [0.15, 0.2) is 6.20 Å². The van der Waals surface area contributed by atoms with Gasteiger partial charge in [0, 0.05) is 57.4 Å². The molecule has 1 atom stereocenters. The monoisotopic (exact) mass is 361 g/mol. The van der Waals surface area contributed by atoms with Gasteiger partial charge < -0.3 is 9.80 Å². The zero-order chi connectivity index (χ0) is 18.5. The Morgan fingerprint density at radius 2 is 1.92 bits per heavy atom. The first-order chi connectivity index (χ1) is 12.5. The van der Waals surface area contributed by atoms with Crippen molar-refractivity contribution >= 4 is 5.91 Å². The summed E-state index contributed by atoms with van der Waals surface area (Å²) in [7, 11) is 2.00. The second kappa shape index (κ2) is 9.00. The number of hydrogen-bond donors (Lipinski definition) is 0. The second-order valence-electron chi connectivity index (χ2n) is 8.02. The molecule has 0 aliphatic carbocycles. The van der Waals surface area contributed by atoms with Crippen LogP contribution < -0.4 is 0 Å². The predicted octanol–water partition coefficient (Wildman–Crippen LogP) is 2.03. The van der Waals surface area contributed by atoms with E-state index in [0.29, 0.717) is 6.04 Å². The number of nitrogens with zero attached hydrogens (tertiary/aromatic N) is 5. The van der Waals surface area contributed by atoms with Crippen molar-refractivity contribution in [3.05, 3.63) is 17.5 Å². The number of amides is 1. The Morgan fingerprint density at radius 3 is 2.58 bits per heavy atom. The van der Waals surface area contributed by atoms with E-state index in [1.165, 1.54) is 43.6 Å². The first-order valence-electron chi connectivity index (χ1n) is 10.2. The van der Waals surface area contributed by atoms with Gasteiger partial charge in [-0.15, -0.1) is 0 Å². The van der Waals surface area contributed by atoms with Crippen LogP contribution in [-0.2, 0) is 18.4 Å². The molecule has 3 rings (SSSR count). The zero-order valence-electron chi connectivity index (χ0n) is 16.8. The molecule has 146 valence electrons. The molecule has 1 unspecified atom stereocenters. The third-order valence-electron chi connectivity index (χ3n) is 6.16. The van der Waals surface area contributed by atoms with Crippen LogP contribution in [0.5, 0.6) is 0 Å². The van der Waals surface area contributed by atoms with Crippen molar-refractivity contribution in [2.45, 2.75) is 58.5 Å². The molecular weight excluding hydrogens is 326 g/mol. The number of carbonyl (C=O) groups excluding carboxylic acids is 1. The van der Waals surface area contributed by atoms with Crippen LogP contribution in [0.4, 0.5) is 0 Å². The molecule has 6 heteroatoms. The maximum Gasteiger partial charge on any atom is 0.219 e. The van der Waals surface area contributed by atoms with Gasteiger partial charge in [-0.2, -0.15) is 5.10 Å². The number of carbonyl (C=O) groups is 1. The third kappa shape index (κ3) is 4.86. The molecule has 2 saturated heterocycles. The minimum Gasteiger partial charge on any atom is -0.337 e. The average Bonchev–Trinajstić information content (AvgIpc) is 2.95. The summed E-state index contributed by atoms with van der Waals surface area (Å²) in [6.45, 7) is 11.2. The van der Waals surface area contributed by atoms with Gasteiger partial charge in [0.25, 0.3) is 0 Å². The maximum atomic E-state index is 12.3. The first kappa shape index (κ1) is 19.4. The fourth-order valence-corrected chi connectivity index (χ4v) is 4.40. The van der Waals surface area contributed by atoms with E-state index in [9.17, 15) is 4.79 Å². The van der Waals surface area contributed by atoms with Crippen LogP contribution in [0.3, 0.4) is 0 Å². The Bertz CT molecular complexity index is 593. The number of likely N-dealkylation sites (tertiary alicyclic amines) is 2. The van der Waals surface area contributed by atoms with E-state index < -0.39 is 0 Å². The summed E-state index contributed by atoms with van der Waals surface area (Å²) >= 11 is 0. The van der Waals surface area contributed by atoms with Crippen molar-refractivity contribution in [3.8, 4) is 0 Å². The highest BCUT2D eigenvalue weighted by molar-refractivity contribution is 5.73.